The van der Waals surface area contributed by atoms with Crippen molar-refractivity contribution in [1.29, 1.82) is 0 Å². The fourth-order valence-electron chi connectivity index (χ4n) is 3.38. The zero-order valence-electron chi connectivity index (χ0n) is 14.5. The maximum atomic E-state index is 12.0. The van der Waals surface area contributed by atoms with Crippen LogP contribution < -0.4 is 5.32 Å². The Morgan fingerprint density at radius 1 is 1.00 bits per heavy atom. The van der Waals surface area contributed by atoms with E-state index in [0.717, 1.165) is 29.1 Å². The maximum absolute atomic E-state index is 12.0. The standard InChI is InChI=1S/C21H21N3OS/c25-20(22-18-7-3-4-8-18)14-26-21-12-11-19(23-24-21)17-10-9-15-5-1-2-6-16(15)13-17/h1-2,5-6,9-13,18H,3-4,7-8,14H2,(H,22,25). The van der Waals surface area contributed by atoms with E-state index in [9.17, 15) is 4.79 Å². The fraction of sp³-hybridized carbons (Fsp3) is 0.286. The van der Waals surface area contributed by atoms with Gasteiger partial charge in [0.05, 0.1) is 11.4 Å². The average Bonchev–Trinajstić information content (AvgIpc) is 3.19. The highest BCUT2D eigenvalue weighted by atomic mass is 32.2. The molecule has 0 spiro atoms. The Morgan fingerprint density at radius 2 is 1.81 bits per heavy atom. The Bertz CT molecular complexity index is 905. The van der Waals surface area contributed by atoms with Gasteiger partial charge < -0.3 is 5.32 Å². The van der Waals surface area contributed by atoms with Crippen LogP contribution in [0.3, 0.4) is 0 Å². The first kappa shape index (κ1) is 17.0. The Hall–Kier alpha value is -2.40. The van der Waals surface area contributed by atoms with Crippen molar-refractivity contribution in [3.05, 3.63) is 54.6 Å². The van der Waals surface area contributed by atoms with Gasteiger partial charge in [-0.1, -0.05) is 61.0 Å². The smallest absolute Gasteiger partial charge is 0.230 e. The monoisotopic (exact) mass is 363 g/mol. The van der Waals surface area contributed by atoms with Crippen molar-refractivity contribution < 1.29 is 4.79 Å². The van der Waals surface area contributed by atoms with E-state index < -0.39 is 0 Å². The summed E-state index contributed by atoms with van der Waals surface area (Å²) in [5.41, 5.74) is 1.89. The third kappa shape index (κ3) is 4.05. The zero-order chi connectivity index (χ0) is 17.8. The molecule has 1 saturated carbocycles. The number of thioether (sulfide) groups is 1. The second-order valence-electron chi connectivity index (χ2n) is 6.66. The molecule has 0 bridgehead atoms. The Balaban J connectivity index is 1.38. The normalized spacial score (nSPS) is 14.6. The Labute approximate surface area is 157 Å². The van der Waals surface area contributed by atoms with Crippen LogP contribution in [-0.4, -0.2) is 27.9 Å². The van der Waals surface area contributed by atoms with E-state index in [1.54, 1.807) is 0 Å². The van der Waals surface area contributed by atoms with Crippen LogP contribution in [0.2, 0.25) is 0 Å². The van der Waals surface area contributed by atoms with E-state index in [4.69, 9.17) is 0 Å². The van der Waals surface area contributed by atoms with Gasteiger partial charge in [-0.2, -0.15) is 0 Å². The van der Waals surface area contributed by atoms with E-state index in [0.29, 0.717) is 11.8 Å². The number of nitrogens with zero attached hydrogens (tertiary/aromatic N) is 2. The SMILES string of the molecule is O=C(CSc1ccc(-c2ccc3ccccc3c2)nn1)NC1CCCC1. The van der Waals surface area contributed by atoms with Crippen LogP contribution >= 0.6 is 11.8 Å². The summed E-state index contributed by atoms with van der Waals surface area (Å²) < 4.78 is 0. The molecule has 3 aromatic rings. The number of aromatic nitrogens is 2. The lowest BCUT2D eigenvalue weighted by Gasteiger charge is -2.11. The molecule has 1 heterocycles. The molecule has 132 valence electrons. The second kappa shape index (κ2) is 7.87. The van der Waals surface area contributed by atoms with Crippen LogP contribution in [0.15, 0.2) is 59.6 Å². The van der Waals surface area contributed by atoms with Crippen molar-refractivity contribution in [3.8, 4) is 11.3 Å². The van der Waals surface area contributed by atoms with Crippen LogP contribution in [0.4, 0.5) is 0 Å². The summed E-state index contributed by atoms with van der Waals surface area (Å²) in [6.45, 7) is 0. The lowest BCUT2D eigenvalue weighted by molar-refractivity contribution is -0.119. The summed E-state index contributed by atoms with van der Waals surface area (Å²) in [5.74, 6) is 0.475. The molecule has 0 radical (unpaired) electrons. The molecule has 1 aromatic heterocycles. The summed E-state index contributed by atoms with van der Waals surface area (Å²) in [4.78, 5) is 12.0. The molecule has 1 amide bonds. The third-order valence-corrected chi connectivity index (χ3v) is 5.68. The van der Waals surface area contributed by atoms with Crippen molar-refractivity contribution in [2.45, 2.75) is 36.8 Å². The topological polar surface area (TPSA) is 54.9 Å². The van der Waals surface area contributed by atoms with Gasteiger partial charge in [-0.05, 0) is 41.8 Å². The van der Waals surface area contributed by atoms with Gasteiger partial charge in [0.15, 0.2) is 0 Å². The number of carbonyl (C=O) groups is 1. The minimum Gasteiger partial charge on any atom is -0.353 e. The van der Waals surface area contributed by atoms with Gasteiger partial charge in [0.25, 0.3) is 0 Å². The Morgan fingerprint density at radius 3 is 2.58 bits per heavy atom. The molecule has 1 N–H and O–H groups in total. The summed E-state index contributed by atoms with van der Waals surface area (Å²) in [6.07, 6.45) is 4.66. The highest BCUT2D eigenvalue weighted by molar-refractivity contribution is 7.99. The van der Waals surface area contributed by atoms with Crippen molar-refractivity contribution in [2.75, 3.05) is 5.75 Å². The molecule has 4 nitrogen and oxygen atoms in total. The number of fused-ring (bicyclic) bond motifs is 1. The molecule has 5 heteroatoms. The van der Waals surface area contributed by atoms with E-state index >= 15 is 0 Å². The lowest BCUT2D eigenvalue weighted by Crippen LogP contribution is -2.33. The third-order valence-electron chi connectivity index (χ3n) is 4.76. The van der Waals surface area contributed by atoms with Crippen LogP contribution in [0.1, 0.15) is 25.7 Å². The molecule has 2 aromatic carbocycles. The lowest BCUT2D eigenvalue weighted by atomic mass is 10.1. The maximum Gasteiger partial charge on any atom is 0.230 e. The minimum absolute atomic E-state index is 0.0855. The zero-order valence-corrected chi connectivity index (χ0v) is 15.3. The van der Waals surface area contributed by atoms with Gasteiger partial charge in [-0.15, -0.1) is 10.2 Å². The summed E-state index contributed by atoms with van der Waals surface area (Å²) in [6, 6.07) is 18.8. The molecule has 1 aliphatic carbocycles. The Kier molecular flexibility index (Phi) is 5.16. The molecular weight excluding hydrogens is 342 g/mol. The summed E-state index contributed by atoms with van der Waals surface area (Å²) >= 11 is 1.43. The van der Waals surface area contributed by atoms with Gasteiger partial charge in [0.1, 0.15) is 5.03 Å². The average molecular weight is 363 g/mol. The van der Waals surface area contributed by atoms with Gasteiger partial charge in [0, 0.05) is 11.6 Å². The number of carbonyl (C=O) groups excluding carboxylic acids is 1. The molecule has 1 fully saturated rings. The van der Waals surface area contributed by atoms with E-state index in [-0.39, 0.29) is 5.91 Å². The van der Waals surface area contributed by atoms with E-state index in [2.05, 4.69) is 45.8 Å². The van der Waals surface area contributed by atoms with Crippen LogP contribution in [0, 0.1) is 0 Å². The number of benzene rings is 2. The van der Waals surface area contributed by atoms with Gasteiger partial charge in [-0.25, -0.2) is 0 Å². The molecule has 0 saturated heterocycles. The summed E-state index contributed by atoms with van der Waals surface area (Å²) in [5, 5.41) is 14.9. The molecule has 0 aliphatic heterocycles. The van der Waals surface area contributed by atoms with E-state index in [1.807, 2.05) is 24.3 Å². The van der Waals surface area contributed by atoms with Crippen LogP contribution in [0.5, 0.6) is 0 Å². The molecule has 0 unspecified atom stereocenters. The highest BCUT2D eigenvalue weighted by Crippen LogP contribution is 2.24. The largest absolute Gasteiger partial charge is 0.353 e. The van der Waals surface area contributed by atoms with Crippen molar-refractivity contribution in [2.24, 2.45) is 0 Å². The molecular formula is C21H21N3OS. The first-order chi connectivity index (χ1) is 12.8. The van der Waals surface area contributed by atoms with Crippen molar-refractivity contribution >= 4 is 28.4 Å². The fourth-order valence-corrected chi connectivity index (χ4v) is 4.00. The molecule has 0 atom stereocenters. The first-order valence-corrected chi connectivity index (χ1v) is 10.0. The molecule has 1 aliphatic rings. The molecule has 4 rings (SSSR count). The summed E-state index contributed by atoms with van der Waals surface area (Å²) in [7, 11) is 0. The predicted molar refractivity (Wildman–Crippen MR) is 106 cm³/mol. The number of hydrogen-bond acceptors (Lipinski definition) is 4. The quantitative estimate of drug-likeness (QED) is 0.681. The number of amides is 1. The molecule has 26 heavy (non-hydrogen) atoms. The number of hydrogen-bond donors (Lipinski definition) is 1. The first-order valence-electron chi connectivity index (χ1n) is 9.03. The highest BCUT2D eigenvalue weighted by Gasteiger charge is 2.17. The number of rotatable bonds is 5. The van der Waals surface area contributed by atoms with Crippen molar-refractivity contribution in [3.63, 3.8) is 0 Å². The second-order valence-corrected chi connectivity index (χ2v) is 7.65. The minimum atomic E-state index is 0.0855. The predicted octanol–water partition coefficient (Wildman–Crippen LogP) is 4.45. The van der Waals surface area contributed by atoms with Crippen molar-refractivity contribution in [1.82, 2.24) is 15.5 Å². The van der Waals surface area contributed by atoms with Crippen LogP contribution in [0.25, 0.3) is 22.0 Å². The van der Waals surface area contributed by atoms with E-state index in [1.165, 1.54) is 35.4 Å². The van der Waals surface area contributed by atoms with Crippen LogP contribution in [-0.2, 0) is 4.79 Å². The van der Waals surface area contributed by atoms with Gasteiger partial charge >= 0.3 is 0 Å². The number of nitrogens with one attached hydrogen (secondary N) is 1. The van der Waals surface area contributed by atoms with Gasteiger partial charge in [-0.3, -0.25) is 4.79 Å². The van der Waals surface area contributed by atoms with Gasteiger partial charge in [0.2, 0.25) is 5.91 Å².